The lowest BCUT2D eigenvalue weighted by Gasteiger charge is -2.11. The van der Waals surface area contributed by atoms with Crippen LogP contribution in [0.4, 0.5) is 15.9 Å². The number of hydrogen-bond donors (Lipinski definition) is 2. The van der Waals surface area contributed by atoms with Crippen molar-refractivity contribution in [2.75, 3.05) is 10.5 Å². The number of nitrogens with zero attached hydrogens (tertiary/aromatic N) is 1. The summed E-state index contributed by atoms with van der Waals surface area (Å²) in [5, 5.41) is 0.304. The minimum atomic E-state index is -4.23. The fraction of sp³-hybridized carbons (Fsp3) is 0. The van der Waals surface area contributed by atoms with E-state index in [1.807, 2.05) is 0 Å². The van der Waals surface area contributed by atoms with Gasteiger partial charge in [-0.25, -0.2) is 17.8 Å². The maximum Gasteiger partial charge on any atom is 0.266 e. The number of hydrogen-bond acceptors (Lipinski definition) is 4. The van der Waals surface area contributed by atoms with Crippen LogP contribution in [0.2, 0.25) is 10.0 Å². The minimum Gasteiger partial charge on any atom is -0.395 e. The number of nitrogen functional groups attached to an aromatic ring is 1. The van der Waals surface area contributed by atoms with Crippen molar-refractivity contribution in [1.29, 1.82) is 0 Å². The average Bonchev–Trinajstić information content (AvgIpc) is 2.42. The van der Waals surface area contributed by atoms with Gasteiger partial charge in [0.25, 0.3) is 10.0 Å². The molecule has 0 saturated carbocycles. The molecular weight excluding hydrogens is 408 g/mol. The van der Waals surface area contributed by atoms with Crippen molar-refractivity contribution in [3.63, 3.8) is 0 Å². The van der Waals surface area contributed by atoms with E-state index >= 15 is 0 Å². The van der Waals surface area contributed by atoms with E-state index in [1.165, 1.54) is 18.3 Å². The van der Waals surface area contributed by atoms with E-state index in [1.54, 1.807) is 0 Å². The lowest BCUT2D eigenvalue weighted by molar-refractivity contribution is 0.572. The number of pyridine rings is 1. The Bertz CT molecular complexity index is 800. The smallest absolute Gasteiger partial charge is 0.266 e. The number of halogens is 4. The number of nitrogens with two attached hydrogens (primary N) is 1. The van der Waals surface area contributed by atoms with Crippen molar-refractivity contribution in [1.82, 2.24) is 4.98 Å². The molecule has 2 rings (SSSR count). The Morgan fingerprint density at radius 3 is 2.57 bits per heavy atom. The van der Waals surface area contributed by atoms with Gasteiger partial charge in [0.15, 0.2) is 5.82 Å². The van der Waals surface area contributed by atoms with Gasteiger partial charge >= 0.3 is 0 Å². The highest BCUT2D eigenvalue weighted by molar-refractivity contribution is 9.10. The zero-order valence-electron chi connectivity index (χ0n) is 10.1. The maximum atomic E-state index is 14.0. The minimum absolute atomic E-state index is 0.0172. The Balaban J connectivity index is 2.47. The highest BCUT2D eigenvalue weighted by Gasteiger charge is 2.24. The summed E-state index contributed by atoms with van der Waals surface area (Å²) < 4.78 is 40.6. The van der Waals surface area contributed by atoms with E-state index in [9.17, 15) is 12.8 Å². The summed E-state index contributed by atoms with van der Waals surface area (Å²) in [6.07, 6.45) is 1.25. The van der Waals surface area contributed by atoms with Crippen molar-refractivity contribution in [2.45, 2.75) is 4.90 Å². The topological polar surface area (TPSA) is 85.1 Å². The predicted octanol–water partition coefficient (Wildman–Crippen LogP) is 3.67. The molecule has 0 atom stereocenters. The SMILES string of the molecule is Nc1c(F)c(S(=O)(=O)Nc2ccc(Cl)cn2)cc(Cl)c1Br. The third-order valence-electron chi connectivity index (χ3n) is 2.41. The van der Waals surface area contributed by atoms with Crippen LogP contribution in [0.3, 0.4) is 0 Å². The van der Waals surface area contributed by atoms with Crippen molar-refractivity contribution in [2.24, 2.45) is 0 Å². The quantitative estimate of drug-likeness (QED) is 0.592. The van der Waals surface area contributed by atoms with Gasteiger partial charge in [-0.3, -0.25) is 4.72 Å². The molecule has 0 aliphatic heterocycles. The monoisotopic (exact) mass is 413 g/mol. The van der Waals surface area contributed by atoms with Crippen LogP contribution in [-0.4, -0.2) is 13.4 Å². The molecule has 0 radical (unpaired) electrons. The van der Waals surface area contributed by atoms with E-state index in [-0.39, 0.29) is 15.3 Å². The van der Waals surface area contributed by atoms with Gasteiger partial charge in [-0.05, 0) is 34.1 Å². The van der Waals surface area contributed by atoms with Gasteiger partial charge in [-0.2, -0.15) is 0 Å². The van der Waals surface area contributed by atoms with Crippen LogP contribution in [0.25, 0.3) is 0 Å². The van der Waals surface area contributed by atoms with Crippen molar-refractivity contribution < 1.29 is 12.8 Å². The number of aromatic nitrogens is 1. The summed E-state index contributed by atoms with van der Waals surface area (Å²) in [5.41, 5.74) is 5.07. The first kappa shape index (κ1) is 16.3. The third-order valence-corrected chi connectivity index (χ3v) is 5.37. The number of benzene rings is 1. The Hall–Kier alpha value is -1.09. The summed E-state index contributed by atoms with van der Waals surface area (Å²) in [7, 11) is -4.23. The number of nitrogens with one attached hydrogen (secondary N) is 1. The van der Waals surface area contributed by atoms with Crippen molar-refractivity contribution in [3.05, 3.63) is 44.7 Å². The van der Waals surface area contributed by atoms with Gasteiger partial charge in [0.1, 0.15) is 10.7 Å². The van der Waals surface area contributed by atoms with Crippen LogP contribution in [0.1, 0.15) is 0 Å². The van der Waals surface area contributed by atoms with E-state index in [0.717, 1.165) is 6.07 Å². The summed E-state index contributed by atoms with van der Waals surface area (Å²) in [5.74, 6) is -1.12. The molecule has 10 heteroatoms. The second kappa shape index (κ2) is 5.96. The standard InChI is InChI=1S/C11H7BrCl2FN3O2S/c12-9-6(14)3-7(10(15)11(9)16)21(19,20)18-8-2-1-5(13)4-17-8/h1-4H,16H2,(H,17,18). The first-order chi connectivity index (χ1) is 9.72. The summed E-state index contributed by atoms with van der Waals surface area (Å²) >= 11 is 14.4. The largest absolute Gasteiger partial charge is 0.395 e. The third kappa shape index (κ3) is 3.39. The zero-order valence-corrected chi connectivity index (χ0v) is 14.0. The molecule has 21 heavy (non-hydrogen) atoms. The molecular formula is C11H7BrCl2FN3O2S. The Morgan fingerprint density at radius 1 is 1.33 bits per heavy atom. The Labute approximate surface area is 138 Å². The van der Waals surface area contributed by atoms with Gasteiger partial charge < -0.3 is 5.73 Å². The predicted molar refractivity (Wildman–Crippen MR) is 83.6 cm³/mol. The first-order valence-electron chi connectivity index (χ1n) is 5.29. The Morgan fingerprint density at radius 2 is 2.00 bits per heavy atom. The van der Waals surface area contributed by atoms with E-state index in [2.05, 4.69) is 25.6 Å². The van der Waals surface area contributed by atoms with E-state index in [0.29, 0.717) is 5.02 Å². The molecule has 0 aliphatic rings. The molecule has 112 valence electrons. The van der Waals surface area contributed by atoms with Crippen molar-refractivity contribution >= 4 is 60.7 Å². The van der Waals surface area contributed by atoms with Crippen LogP contribution >= 0.6 is 39.1 Å². The normalized spacial score (nSPS) is 11.4. The molecule has 1 aromatic heterocycles. The summed E-state index contributed by atoms with van der Waals surface area (Å²) in [6, 6.07) is 3.73. The van der Waals surface area contributed by atoms with Gasteiger partial charge in [-0.15, -0.1) is 0 Å². The molecule has 0 unspecified atom stereocenters. The molecule has 2 aromatic rings. The second-order valence-electron chi connectivity index (χ2n) is 3.87. The average molecular weight is 415 g/mol. The van der Waals surface area contributed by atoms with E-state index < -0.39 is 26.4 Å². The molecule has 1 aromatic carbocycles. The molecule has 0 amide bonds. The molecule has 0 fully saturated rings. The fourth-order valence-electron chi connectivity index (χ4n) is 1.42. The van der Waals surface area contributed by atoms with Gasteiger partial charge in [0.2, 0.25) is 0 Å². The lowest BCUT2D eigenvalue weighted by Crippen LogP contribution is -2.16. The Kier molecular flexibility index (Phi) is 4.62. The molecule has 0 aliphatic carbocycles. The summed E-state index contributed by atoms with van der Waals surface area (Å²) in [6.45, 7) is 0. The fourth-order valence-corrected chi connectivity index (χ4v) is 3.22. The van der Waals surface area contributed by atoms with Gasteiger partial charge in [-0.1, -0.05) is 23.2 Å². The molecule has 0 spiro atoms. The zero-order chi connectivity index (χ0) is 15.8. The van der Waals surface area contributed by atoms with Gasteiger partial charge in [0.05, 0.1) is 20.2 Å². The van der Waals surface area contributed by atoms with Crippen LogP contribution in [-0.2, 0) is 10.0 Å². The van der Waals surface area contributed by atoms with Crippen LogP contribution in [0.5, 0.6) is 0 Å². The van der Waals surface area contributed by atoms with Crippen LogP contribution < -0.4 is 10.5 Å². The van der Waals surface area contributed by atoms with Crippen LogP contribution in [0, 0.1) is 5.82 Å². The van der Waals surface area contributed by atoms with Gasteiger partial charge in [0, 0.05) is 6.20 Å². The summed E-state index contributed by atoms with van der Waals surface area (Å²) in [4.78, 5) is 3.09. The molecule has 0 saturated heterocycles. The number of anilines is 2. The van der Waals surface area contributed by atoms with Crippen LogP contribution in [0.15, 0.2) is 33.8 Å². The first-order valence-corrected chi connectivity index (χ1v) is 8.33. The molecule has 5 nitrogen and oxygen atoms in total. The maximum absolute atomic E-state index is 14.0. The van der Waals surface area contributed by atoms with Crippen molar-refractivity contribution in [3.8, 4) is 0 Å². The van der Waals surface area contributed by atoms with E-state index in [4.69, 9.17) is 28.9 Å². The molecule has 1 heterocycles. The lowest BCUT2D eigenvalue weighted by atomic mass is 10.3. The number of sulfonamides is 1. The number of rotatable bonds is 3. The highest BCUT2D eigenvalue weighted by atomic mass is 79.9. The molecule has 0 bridgehead atoms. The highest BCUT2D eigenvalue weighted by Crippen LogP contribution is 2.35. The second-order valence-corrected chi connectivity index (χ2v) is 7.15. The molecule has 3 N–H and O–H groups in total.